The van der Waals surface area contributed by atoms with Crippen LogP contribution in [0.2, 0.25) is 0 Å². The van der Waals surface area contributed by atoms with Gasteiger partial charge in [-0.2, -0.15) is 5.10 Å². The van der Waals surface area contributed by atoms with Gasteiger partial charge in [0.2, 0.25) is 0 Å². The molecule has 0 unspecified atom stereocenters. The maximum absolute atomic E-state index is 12.1. The monoisotopic (exact) mass is 440 g/mol. The van der Waals surface area contributed by atoms with Crippen molar-refractivity contribution >= 4 is 23.7 Å². The van der Waals surface area contributed by atoms with Gasteiger partial charge in [0.15, 0.2) is 18.1 Å². The quantitative estimate of drug-likeness (QED) is 0.456. The minimum absolute atomic E-state index is 0.157. The minimum atomic E-state index is -0.274. The maximum Gasteiger partial charge on any atom is 0.262 e. The van der Waals surface area contributed by atoms with Gasteiger partial charge in [0.05, 0.1) is 33.1 Å². The van der Waals surface area contributed by atoms with Gasteiger partial charge in [-0.3, -0.25) is 14.5 Å². The average molecular weight is 441 g/mol. The highest BCUT2D eigenvalue weighted by Gasteiger charge is 2.13. The normalized spacial score (nSPS) is 14.2. The van der Waals surface area contributed by atoms with E-state index >= 15 is 0 Å². The Labute approximate surface area is 187 Å². The van der Waals surface area contributed by atoms with Crippen LogP contribution in [0.25, 0.3) is 0 Å². The van der Waals surface area contributed by atoms with Crippen molar-refractivity contribution in [3.8, 4) is 11.5 Å². The molecule has 1 heterocycles. The minimum Gasteiger partial charge on any atom is -0.493 e. The molecule has 0 saturated carbocycles. The number of amides is 2. The lowest BCUT2D eigenvalue weighted by atomic mass is 10.2. The van der Waals surface area contributed by atoms with Gasteiger partial charge >= 0.3 is 0 Å². The molecule has 2 aromatic carbocycles. The zero-order valence-electron chi connectivity index (χ0n) is 18.3. The molecule has 0 radical (unpaired) electrons. The lowest BCUT2D eigenvalue weighted by molar-refractivity contribution is -0.123. The third kappa shape index (κ3) is 7.36. The number of anilines is 1. The Bertz CT molecular complexity index is 940. The van der Waals surface area contributed by atoms with Crippen LogP contribution in [-0.2, 0) is 14.3 Å². The number of rotatable bonds is 9. The highest BCUT2D eigenvalue weighted by atomic mass is 16.5. The molecule has 9 nitrogen and oxygen atoms in total. The highest BCUT2D eigenvalue weighted by molar-refractivity contribution is 5.92. The van der Waals surface area contributed by atoms with E-state index in [1.807, 2.05) is 36.1 Å². The molecule has 32 heavy (non-hydrogen) atoms. The first-order valence-corrected chi connectivity index (χ1v) is 10.3. The molecular formula is C23H28N4O5. The second kappa shape index (κ2) is 11.8. The summed E-state index contributed by atoms with van der Waals surface area (Å²) in [4.78, 5) is 26.1. The van der Waals surface area contributed by atoms with E-state index in [4.69, 9.17) is 14.2 Å². The molecule has 2 N–H and O–H groups in total. The number of nitrogens with zero attached hydrogens (tertiary/aromatic N) is 2. The van der Waals surface area contributed by atoms with Crippen molar-refractivity contribution in [2.45, 2.75) is 6.92 Å². The molecule has 2 amide bonds. The average Bonchev–Trinajstić information content (AvgIpc) is 2.80. The maximum atomic E-state index is 12.1. The number of benzene rings is 2. The topological polar surface area (TPSA) is 101 Å². The van der Waals surface area contributed by atoms with Crippen LogP contribution in [0.4, 0.5) is 5.69 Å². The van der Waals surface area contributed by atoms with Gasteiger partial charge in [-0.25, -0.2) is 5.43 Å². The molecule has 0 bridgehead atoms. The molecule has 0 aromatic heterocycles. The fraction of sp³-hybridized carbons (Fsp3) is 0.348. The Morgan fingerprint density at radius 1 is 1.09 bits per heavy atom. The van der Waals surface area contributed by atoms with Crippen LogP contribution in [0.5, 0.6) is 11.5 Å². The van der Waals surface area contributed by atoms with Crippen molar-refractivity contribution in [3.05, 3.63) is 53.6 Å². The Morgan fingerprint density at radius 3 is 2.56 bits per heavy atom. The van der Waals surface area contributed by atoms with E-state index in [1.165, 1.54) is 13.3 Å². The van der Waals surface area contributed by atoms with Gasteiger partial charge in [0.1, 0.15) is 0 Å². The first kappa shape index (κ1) is 23.2. The molecule has 0 spiro atoms. The summed E-state index contributed by atoms with van der Waals surface area (Å²) in [6.07, 6.45) is 1.52. The van der Waals surface area contributed by atoms with E-state index in [1.54, 1.807) is 18.2 Å². The molecule has 0 atom stereocenters. The smallest absolute Gasteiger partial charge is 0.262 e. The first-order chi connectivity index (χ1) is 15.5. The molecule has 1 saturated heterocycles. The third-order valence-electron chi connectivity index (χ3n) is 4.76. The number of aryl methyl sites for hydroxylation is 1. The van der Waals surface area contributed by atoms with Crippen molar-refractivity contribution in [1.29, 1.82) is 0 Å². The number of hydrazone groups is 1. The standard InChI is InChI=1S/C23H28N4O5/c1-17-3-6-19(7-4-17)25-23(29)16-32-20-8-5-18(13-21(20)30-2)14-24-26-22(28)15-27-9-11-31-12-10-27/h3-8,13-14H,9-12,15-16H2,1-2H3,(H,25,29)(H,26,28)/b24-14-. The molecular weight excluding hydrogens is 412 g/mol. The summed E-state index contributed by atoms with van der Waals surface area (Å²) < 4.78 is 16.2. The third-order valence-corrected chi connectivity index (χ3v) is 4.76. The Balaban J connectivity index is 1.48. The molecule has 9 heteroatoms. The van der Waals surface area contributed by atoms with Gasteiger partial charge in [-0.15, -0.1) is 0 Å². The van der Waals surface area contributed by atoms with Crippen molar-refractivity contribution < 1.29 is 23.8 Å². The Morgan fingerprint density at radius 2 is 1.84 bits per heavy atom. The fourth-order valence-electron chi connectivity index (χ4n) is 3.04. The lowest BCUT2D eigenvalue weighted by Crippen LogP contribution is -2.42. The molecule has 1 aliphatic rings. The van der Waals surface area contributed by atoms with E-state index < -0.39 is 0 Å². The molecule has 170 valence electrons. The van der Waals surface area contributed by atoms with E-state index in [0.29, 0.717) is 36.0 Å². The first-order valence-electron chi connectivity index (χ1n) is 10.3. The van der Waals surface area contributed by atoms with E-state index in [0.717, 1.165) is 18.7 Å². The van der Waals surface area contributed by atoms with Gasteiger partial charge in [0, 0.05) is 18.8 Å². The number of hydrogen-bond donors (Lipinski definition) is 2. The molecule has 1 aliphatic heterocycles. The summed E-state index contributed by atoms with van der Waals surface area (Å²) in [6.45, 7) is 4.85. The second-order valence-corrected chi connectivity index (χ2v) is 7.29. The predicted octanol–water partition coefficient (Wildman–Crippen LogP) is 1.80. The SMILES string of the molecule is COc1cc(/C=N\NC(=O)CN2CCOCC2)ccc1OCC(=O)Nc1ccc(C)cc1. The zero-order valence-corrected chi connectivity index (χ0v) is 18.3. The van der Waals surface area contributed by atoms with Crippen LogP contribution in [0.3, 0.4) is 0 Å². The van der Waals surface area contributed by atoms with Gasteiger partial charge in [-0.1, -0.05) is 17.7 Å². The van der Waals surface area contributed by atoms with E-state index in [9.17, 15) is 9.59 Å². The Hall–Kier alpha value is -3.43. The van der Waals surface area contributed by atoms with E-state index in [-0.39, 0.29) is 25.0 Å². The van der Waals surface area contributed by atoms with Crippen molar-refractivity contribution in [1.82, 2.24) is 10.3 Å². The number of hydrogen-bond acceptors (Lipinski definition) is 7. The molecule has 0 aliphatic carbocycles. The zero-order chi connectivity index (χ0) is 22.8. The molecule has 2 aromatic rings. The summed E-state index contributed by atoms with van der Waals surface area (Å²) in [7, 11) is 1.51. The number of carbonyl (C=O) groups excluding carboxylic acids is 2. The summed E-state index contributed by atoms with van der Waals surface area (Å²) in [5.41, 5.74) is 5.06. The summed E-state index contributed by atoms with van der Waals surface area (Å²) >= 11 is 0. The summed E-state index contributed by atoms with van der Waals surface area (Å²) in [6, 6.07) is 12.7. The summed E-state index contributed by atoms with van der Waals surface area (Å²) in [5, 5.41) is 6.78. The van der Waals surface area contributed by atoms with E-state index in [2.05, 4.69) is 15.8 Å². The van der Waals surface area contributed by atoms with Crippen LogP contribution in [0.15, 0.2) is 47.6 Å². The largest absolute Gasteiger partial charge is 0.493 e. The molecule has 1 fully saturated rings. The van der Waals surface area contributed by atoms with Gasteiger partial charge < -0.3 is 19.5 Å². The second-order valence-electron chi connectivity index (χ2n) is 7.29. The number of carbonyl (C=O) groups is 2. The highest BCUT2D eigenvalue weighted by Crippen LogP contribution is 2.27. The number of nitrogens with one attached hydrogen (secondary N) is 2. The number of ether oxygens (including phenoxy) is 3. The van der Waals surface area contributed by atoms with Gasteiger partial charge in [0.25, 0.3) is 11.8 Å². The van der Waals surface area contributed by atoms with Crippen molar-refractivity contribution in [2.24, 2.45) is 5.10 Å². The predicted molar refractivity (Wildman–Crippen MR) is 121 cm³/mol. The van der Waals surface area contributed by atoms with Crippen LogP contribution < -0.4 is 20.2 Å². The van der Waals surface area contributed by atoms with Crippen LogP contribution >= 0.6 is 0 Å². The summed E-state index contributed by atoms with van der Waals surface area (Å²) in [5.74, 6) is 0.427. The number of morpholine rings is 1. The fourth-order valence-corrected chi connectivity index (χ4v) is 3.04. The van der Waals surface area contributed by atoms with Crippen LogP contribution in [-0.4, -0.2) is 69.5 Å². The van der Waals surface area contributed by atoms with Crippen LogP contribution in [0, 0.1) is 6.92 Å². The lowest BCUT2D eigenvalue weighted by Gasteiger charge is -2.25. The molecule has 3 rings (SSSR count). The van der Waals surface area contributed by atoms with Crippen molar-refractivity contribution in [3.63, 3.8) is 0 Å². The Kier molecular flexibility index (Phi) is 8.59. The number of methoxy groups -OCH3 is 1. The van der Waals surface area contributed by atoms with Gasteiger partial charge in [-0.05, 0) is 42.8 Å². The van der Waals surface area contributed by atoms with Crippen molar-refractivity contribution in [2.75, 3.05) is 51.9 Å². The van der Waals surface area contributed by atoms with Crippen LogP contribution in [0.1, 0.15) is 11.1 Å².